The molecular weight excluding hydrogens is 327 g/mol. The number of amides is 1. The van der Waals surface area contributed by atoms with Crippen molar-refractivity contribution in [2.24, 2.45) is 0 Å². The van der Waals surface area contributed by atoms with Gasteiger partial charge in [0.2, 0.25) is 0 Å². The number of carbonyl (C=O) groups excluding carboxylic acids is 1. The molecule has 1 N–H and O–H groups in total. The van der Waals surface area contributed by atoms with Gasteiger partial charge in [0.1, 0.15) is 0 Å². The molecule has 0 aliphatic heterocycles. The molecule has 2 nitrogen and oxygen atoms in total. The van der Waals surface area contributed by atoms with Crippen LogP contribution >= 0.6 is 11.6 Å². The van der Waals surface area contributed by atoms with Crippen molar-refractivity contribution in [3.63, 3.8) is 0 Å². The fourth-order valence-electron chi connectivity index (χ4n) is 2.28. The summed E-state index contributed by atoms with van der Waals surface area (Å²) in [5.41, 5.74) is -0.536. The van der Waals surface area contributed by atoms with Crippen LogP contribution in [0.2, 0.25) is 5.02 Å². The first kappa shape index (κ1) is 17.3. The molecule has 0 aliphatic carbocycles. The lowest BCUT2D eigenvalue weighted by molar-refractivity contribution is -0.137. The van der Waals surface area contributed by atoms with Gasteiger partial charge in [-0.1, -0.05) is 42.8 Å². The van der Waals surface area contributed by atoms with E-state index in [9.17, 15) is 18.0 Å². The zero-order chi connectivity index (χ0) is 17.0. The molecule has 122 valence electrons. The molecule has 0 radical (unpaired) electrons. The largest absolute Gasteiger partial charge is 0.417 e. The van der Waals surface area contributed by atoms with E-state index in [1.165, 1.54) is 18.2 Å². The minimum Gasteiger partial charge on any atom is -0.345 e. The highest BCUT2D eigenvalue weighted by molar-refractivity contribution is 6.30. The van der Waals surface area contributed by atoms with Crippen molar-refractivity contribution < 1.29 is 18.0 Å². The number of hydrogen-bond donors (Lipinski definition) is 1. The Hall–Kier alpha value is -2.01. The number of nitrogens with one attached hydrogen (secondary N) is 1. The van der Waals surface area contributed by atoms with E-state index in [-0.39, 0.29) is 11.6 Å². The third-order valence-electron chi connectivity index (χ3n) is 3.46. The van der Waals surface area contributed by atoms with Crippen LogP contribution in [-0.2, 0) is 6.18 Å². The molecule has 0 aromatic heterocycles. The second-order valence-electron chi connectivity index (χ2n) is 5.03. The number of rotatable bonds is 4. The molecular formula is C17H15ClF3NO. The van der Waals surface area contributed by atoms with Crippen LogP contribution in [0.1, 0.15) is 40.9 Å². The molecule has 0 saturated carbocycles. The van der Waals surface area contributed by atoms with Crippen LogP contribution in [0.3, 0.4) is 0 Å². The van der Waals surface area contributed by atoms with Crippen molar-refractivity contribution in [1.29, 1.82) is 0 Å². The summed E-state index contributed by atoms with van der Waals surface area (Å²) in [6, 6.07) is 11.2. The van der Waals surface area contributed by atoms with Crippen molar-refractivity contribution in [2.45, 2.75) is 25.6 Å². The van der Waals surface area contributed by atoms with Gasteiger partial charge in [0.25, 0.3) is 5.91 Å². The molecule has 0 spiro atoms. The smallest absolute Gasteiger partial charge is 0.345 e. The van der Waals surface area contributed by atoms with E-state index in [2.05, 4.69) is 5.32 Å². The highest BCUT2D eigenvalue weighted by Gasteiger charge is 2.35. The molecule has 0 unspecified atom stereocenters. The minimum atomic E-state index is -4.57. The molecule has 0 aliphatic rings. The van der Waals surface area contributed by atoms with Crippen LogP contribution in [0.25, 0.3) is 0 Å². The monoisotopic (exact) mass is 341 g/mol. The normalized spacial score (nSPS) is 12.7. The summed E-state index contributed by atoms with van der Waals surface area (Å²) in [4.78, 5) is 12.3. The van der Waals surface area contributed by atoms with Gasteiger partial charge in [-0.15, -0.1) is 0 Å². The SMILES string of the molecule is CC[C@@H](NC(=O)c1ccccc1C(F)(F)F)c1ccc(Cl)cc1. The van der Waals surface area contributed by atoms with Crippen LogP contribution in [0, 0.1) is 0 Å². The molecule has 6 heteroatoms. The van der Waals surface area contributed by atoms with E-state index in [0.717, 1.165) is 11.6 Å². The lowest BCUT2D eigenvalue weighted by Crippen LogP contribution is -2.30. The van der Waals surface area contributed by atoms with Gasteiger partial charge in [-0.3, -0.25) is 4.79 Å². The van der Waals surface area contributed by atoms with Gasteiger partial charge in [0.15, 0.2) is 0 Å². The predicted molar refractivity (Wildman–Crippen MR) is 83.4 cm³/mol. The molecule has 0 saturated heterocycles. The Bertz CT molecular complexity index is 683. The lowest BCUT2D eigenvalue weighted by atomic mass is 10.0. The molecule has 2 aromatic carbocycles. The van der Waals surface area contributed by atoms with Crippen molar-refractivity contribution >= 4 is 17.5 Å². The maximum Gasteiger partial charge on any atom is 0.417 e. The summed E-state index contributed by atoms with van der Waals surface area (Å²) in [6.45, 7) is 1.84. The average molecular weight is 342 g/mol. The van der Waals surface area contributed by atoms with Gasteiger partial charge in [0, 0.05) is 5.02 Å². The van der Waals surface area contributed by atoms with Gasteiger partial charge < -0.3 is 5.32 Å². The Morgan fingerprint density at radius 2 is 1.74 bits per heavy atom. The van der Waals surface area contributed by atoms with Gasteiger partial charge in [0.05, 0.1) is 17.2 Å². The van der Waals surface area contributed by atoms with E-state index in [1.54, 1.807) is 24.3 Å². The van der Waals surface area contributed by atoms with Crippen LogP contribution in [0.4, 0.5) is 13.2 Å². The Balaban J connectivity index is 2.26. The van der Waals surface area contributed by atoms with Crippen LogP contribution in [0.5, 0.6) is 0 Å². The number of hydrogen-bond acceptors (Lipinski definition) is 1. The summed E-state index contributed by atoms with van der Waals surface area (Å²) in [7, 11) is 0. The van der Waals surface area contributed by atoms with Crippen LogP contribution in [-0.4, -0.2) is 5.91 Å². The second kappa shape index (κ2) is 7.04. The first-order valence-electron chi connectivity index (χ1n) is 7.05. The lowest BCUT2D eigenvalue weighted by Gasteiger charge is -2.19. The summed E-state index contributed by atoms with van der Waals surface area (Å²) in [6.07, 6.45) is -4.03. The van der Waals surface area contributed by atoms with Crippen LogP contribution in [0.15, 0.2) is 48.5 Å². The quantitative estimate of drug-likeness (QED) is 0.809. The van der Waals surface area contributed by atoms with Crippen LogP contribution < -0.4 is 5.32 Å². The van der Waals surface area contributed by atoms with E-state index in [0.29, 0.717) is 11.4 Å². The summed E-state index contributed by atoms with van der Waals surface area (Å²) < 4.78 is 39.0. The Labute approximate surface area is 137 Å². The van der Waals surface area contributed by atoms with Gasteiger partial charge >= 0.3 is 6.18 Å². The van der Waals surface area contributed by atoms with Gasteiger partial charge in [-0.05, 0) is 36.2 Å². The fraction of sp³-hybridized carbons (Fsp3) is 0.235. The first-order valence-corrected chi connectivity index (χ1v) is 7.43. The molecule has 2 aromatic rings. The molecule has 0 bridgehead atoms. The maximum absolute atomic E-state index is 13.0. The van der Waals surface area contributed by atoms with E-state index >= 15 is 0 Å². The molecule has 2 rings (SSSR count). The maximum atomic E-state index is 13.0. The topological polar surface area (TPSA) is 29.1 Å². The molecule has 1 amide bonds. The van der Waals surface area contributed by atoms with Gasteiger partial charge in [-0.2, -0.15) is 13.2 Å². The molecule has 23 heavy (non-hydrogen) atoms. The van der Waals surface area contributed by atoms with Crippen molar-refractivity contribution in [1.82, 2.24) is 5.32 Å². The fourth-order valence-corrected chi connectivity index (χ4v) is 2.41. The standard InChI is InChI=1S/C17H15ClF3NO/c1-2-15(11-7-9-12(18)10-8-11)22-16(23)13-5-3-4-6-14(13)17(19,20)21/h3-10,15H,2H2,1H3,(H,22,23)/t15-/m1/s1. The Morgan fingerprint density at radius 1 is 1.13 bits per heavy atom. The summed E-state index contributed by atoms with van der Waals surface area (Å²) >= 11 is 5.82. The van der Waals surface area contributed by atoms with E-state index in [1.807, 2.05) is 6.92 Å². The number of alkyl halides is 3. The highest BCUT2D eigenvalue weighted by atomic mass is 35.5. The Morgan fingerprint density at radius 3 is 2.30 bits per heavy atom. The van der Waals surface area contributed by atoms with E-state index < -0.39 is 17.6 Å². The number of benzene rings is 2. The molecule has 0 fully saturated rings. The zero-order valence-electron chi connectivity index (χ0n) is 12.3. The van der Waals surface area contributed by atoms with Crippen molar-refractivity contribution in [2.75, 3.05) is 0 Å². The summed E-state index contributed by atoms with van der Waals surface area (Å²) in [5.74, 6) is -0.750. The second-order valence-corrected chi connectivity index (χ2v) is 5.47. The third kappa shape index (κ3) is 4.26. The third-order valence-corrected chi connectivity index (χ3v) is 3.72. The number of carbonyl (C=O) groups is 1. The first-order chi connectivity index (χ1) is 10.8. The molecule has 0 heterocycles. The average Bonchev–Trinajstić information content (AvgIpc) is 2.52. The minimum absolute atomic E-state index is 0.382. The number of halogens is 4. The highest BCUT2D eigenvalue weighted by Crippen LogP contribution is 2.32. The van der Waals surface area contributed by atoms with E-state index in [4.69, 9.17) is 11.6 Å². The Kier molecular flexibility index (Phi) is 5.31. The van der Waals surface area contributed by atoms with Gasteiger partial charge in [-0.25, -0.2) is 0 Å². The van der Waals surface area contributed by atoms with Crippen molar-refractivity contribution in [3.05, 3.63) is 70.2 Å². The summed E-state index contributed by atoms with van der Waals surface area (Å²) in [5, 5.41) is 3.20. The van der Waals surface area contributed by atoms with Crippen molar-refractivity contribution in [3.8, 4) is 0 Å². The zero-order valence-corrected chi connectivity index (χ0v) is 13.1. The molecule has 1 atom stereocenters. The predicted octanol–water partition coefficient (Wildman–Crippen LogP) is 5.24.